The van der Waals surface area contributed by atoms with Crippen LogP contribution in [0.4, 0.5) is 5.69 Å². The summed E-state index contributed by atoms with van der Waals surface area (Å²) in [5.41, 5.74) is 8.77. The molecule has 2 N–H and O–H groups in total. The van der Waals surface area contributed by atoms with Crippen molar-refractivity contribution in [3.05, 3.63) is 29.8 Å². The molecule has 1 aromatic carbocycles. The molecule has 0 spiro atoms. The topological polar surface area (TPSA) is 38.5 Å². The summed E-state index contributed by atoms with van der Waals surface area (Å²) in [7, 11) is 0. The normalized spacial score (nSPS) is 20.8. The number of rotatable bonds is 3. The fourth-order valence-corrected chi connectivity index (χ4v) is 2.57. The van der Waals surface area contributed by atoms with Gasteiger partial charge < -0.3 is 15.4 Å². The molecule has 1 fully saturated rings. The predicted molar refractivity (Wildman–Crippen MR) is 75.9 cm³/mol. The molecule has 1 aromatic rings. The van der Waals surface area contributed by atoms with E-state index in [9.17, 15) is 0 Å². The number of nitrogens with zero attached hydrogens (tertiary/aromatic N) is 1. The Labute approximate surface area is 110 Å². The van der Waals surface area contributed by atoms with Gasteiger partial charge in [-0.05, 0) is 31.9 Å². The van der Waals surface area contributed by atoms with Crippen molar-refractivity contribution in [1.82, 2.24) is 0 Å². The highest BCUT2D eigenvalue weighted by Gasteiger charge is 2.32. The molecule has 100 valence electrons. The van der Waals surface area contributed by atoms with E-state index >= 15 is 0 Å². The predicted octanol–water partition coefficient (Wildman–Crippen LogP) is 2.71. The molecule has 0 radical (unpaired) electrons. The van der Waals surface area contributed by atoms with Crippen LogP contribution >= 0.6 is 0 Å². The van der Waals surface area contributed by atoms with Crippen molar-refractivity contribution >= 4 is 5.69 Å². The fraction of sp³-hybridized carbons (Fsp3) is 0.600. The lowest BCUT2D eigenvalue weighted by Gasteiger charge is -2.45. The standard InChI is InChI=1S/C15H24N2O/c1-4-13(16)12-7-5-6-8-14(12)17-9-10-18-11-15(17,2)3/h5-8,13H,4,9-11,16H2,1-3H3. The van der Waals surface area contributed by atoms with Gasteiger partial charge in [0.2, 0.25) is 0 Å². The molecule has 0 aromatic heterocycles. The monoisotopic (exact) mass is 248 g/mol. The van der Waals surface area contributed by atoms with E-state index in [1.165, 1.54) is 11.3 Å². The maximum atomic E-state index is 6.23. The number of morpholine rings is 1. The number of hydrogen-bond donors (Lipinski definition) is 1. The maximum absolute atomic E-state index is 6.23. The van der Waals surface area contributed by atoms with Crippen molar-refractivity contribution in [3.8, 4) is 0 Å². The Bertz CT molecular complexity index is 403. The second-order valence-electron chi connectivity index (χ2n) is 5.59. The van der Waals surface area contributed by atoms with Gasteiger partial charge in [0.25, 0.3) is 0 Å². The highest BCUT2D eigenvalue weighted by atomic mass is 16.5. The van der Waals surface area contributed by atoms with Gasteiger partial charge in [0, 0.05) is 18.3 Å². The first-order valence-electron chi connectivity index (χ1n) is 6.76. The first-order chi connectivity index (χ1) is 8.56. The van der Waals surface area contributed by atoms with Gasteiger partial charge in [-0.2, -0.15) is 0 Å². The Kier molecular flexibility index (Phi) is 3.93. The van der Waals surface area contributed by atoms with Crippen LogP contribution in [0.3, 0.4) is 0 Å². The highest BCUT2D eigenvalue weighted by Crippen LogP contribution is 2.33. The minimum atomic E-state index is 0.0296. The van der Waals surface area contributed by atoms with Gasteiger partial charge >= 0.3 is 0 Å². The molecule has 2 rings (SSSR count). The Balaban J connectivity index is 2.37. The number of anilines is 1. The molecule has 1 atom stereocenters. The lowest BCUT2D eigenvalue weighted by Crippen LogP contribution is -2.53. The maximum Gasteiger partial charge on any atom is 0.0694 e. The largest absolute Gasteiger partial charge is 0.377 e. The zero-order chi connectivity index (χ0) is 13.2. The Morgan fingerprint density at radius 1 is 1.39 bits per heavy atom. The van der Waals surface area contributed by atoms with E-state index in [1.807, 2.05) is 0 Å². The molecule has 0 amide bonds. The molecule has 3 nitrogen and oxygen atoms in total. The molecule has 3 heteroatoms. The van der Waals surface area contributed by atoms with Crippen molar-refractivity contribution in [3.63, 3.8) is 0 Å². The molecular formula is C15H24N2O. The van der Waals surface area contributed by atoms with E-state index in [1.54, 1.807) is 0 Å². The van der Waals surface area contributed by atoms with Gasteiger partial charge in [-0.1, -0.05) is 25.1 Å². The summed E-state index contributed by atoms with van der Waals surface area (Å²) in [5.74, 6) is 0. The molecular weight excluding hydrogens is 224 g/mol. The summed E-state index contributed by atoms with van der Waals surface area (Å²) < 4.78 is 5.59. The van der Waals surface area contributed by atoms with Crippen molar-refractivity contribution < 1.29 is 4.74 Å². The van der Waals surface area contributed by atoms with E-state index in [2.05, 4.69) is 49.9 Å². The first kappa shape index (κ1) is 13.4. The van der Waals surface area contributed by atoms with Gasteiger partial charge in [0.1, 0.15) is 0 Å². The van der Waals surface area contributed by atoms with Gasteiger partial charge in [0.05, 0.1) is 18.8 Å². The number of hydrogen-bond acceptors (Lipinski definition) is 3. The molecule has 1 heterocycles. The number of ether oxygens (including phenoxy) is 1. The molecule has 0 aliphatic carbocycles. The van der Waals surface area contributed by atoms with Crippen LogP contribution < -0.4 is 10.6 Å². The zero-order valence-electron chi connectivity index (χ0n) is 11.6. The van der Waals surface area contributed by atoms with Gasteiger partial charge in [-0.3, -0.25) is 0 Å². The lowest BCUT2D eigenvalue weighted by molar-refractivity contribution is 0.0642. The Morgan fingerprint density at radius 2 is 2.11 bits per heavy atom. The first-order valence-corrected chi connectivity index (χ1v) is 6.76. The minimum Gasteiger partial charge on any atom is -0.377 e. The molecule has 0 saturated carbocycles. The van der Waals surface area contributed by atoms with Crippen molar-refractivity contribution in [2.75, 3.05) is 24.7 Å². The van der Waals surface area contributed by atoms with Crippen molar-refractivity contribution in [1.29, 1.82) is 0 Å². The summed E-state index contributed by atoms with van der Waals surface area (Å²) in [6.45, 7) is 9.06. The van der Waals surface area contributed by atoms with Crippen molar-refractivity contribution in [2.24, 2.45) is 5.73 Å². The zero-order valence-corrected chi connectivity index (χ0v) is 11.6. The molecule has 1 aliphatic rings. The smallest absolute Gasteiger partial charge is 0.0694 e. The third-order valence-corrected chi connectivity index (χ3v) is 3.71. The number of para-hydroxylation sites is 1. The van der Waals surface area contributed by atoms with Crippen LogP contribution in [0.5, 0.6) is 0 Å². The summed E-state index contributed by atoms with van der Waals surface area (Å²) in [5, 5.41) is 0. The summed E-state index contributed by atoms with van der Waals surface area (Å²) in [6, 6.07) is 8.60. The quantitative estimate of drug-likeness (QED) is 0.894. The highest BCUT2D eigenvalue weighted by molar-refractivity contribution is 5.57. The van der Waals surface area contributed by atoms with Crippen LogP contribution in [0.1, 0.15) is 38.8 Å². The van der Waals surface area contributed by atoms with Crippen LogP contribution in [-0.4, -0.2) is 25.3 Å². The summed E-state index contributed by atoms with van der Waals surface area (Å²) in [4.78, 5) is 2.43. The summed E-state index contributed by atoms with van der Waals surface area (Å²) >= 11 is 0. The Hall–Kier alpha value is -1.06. The van der Waals surface area contributed by atoms with Gasteiger partial charge in [0.15, 0.2) is 0 Å². The van der Waals surface area contributed by atoms with Gasteiger partial charge in [-0.25, -0.2) is 0 Å². The SMILES string of the molecule is CCC(N)c1ccccc1N1CCOCC1(C)C. The average molecular weight is 248 g/mol. The third kappa shape index (κ3) is 2.52. The van der Waals surface area contributed by atoms with Crippen LogP contribution in [0.15, 0.2) is 24.3 Å². The molecule has 1 unspecified atom stereocenters. The van der Waals surface area contributed by atoms with Crippen LogP contribution in [-0.2, 0) is 4.74 Å². The van der Waals surface area contributed by atoms with Crippen LogP contribution in [0.2, 0.25) is 0 Å². The van der Waals surface area contributed by atoms with E-state index in [0.717, 1.165) is 26.2 Å². The fourth-order valence-electron chi connectivity index (χ4n) is 2.57. The van der Waals surface area contributed by atoms with Crippen LogP contribution in [0, 0.1) is 0 Å². The molecule has 1 aliphatic heterocycles. The third-order valence-electron chi connectivity index (χ3n) is 3.71. The lowest BCUT2D eigenvalue weighted by atomic mass is 9.96. The van der Waals surface area contributed by atoms with E-state index in [-0.39, 0.29) is 11.6 Å². The van der Waals surface area contributed by atoms with E-state index in [0.29, 0.717) is 0 Å². The number of nitrogens with two attached hydrogens (primary N) is 1. The van der Waals surface area contributed by atoms with Crippen molar-refractivity contribution in [2.45, 2.75) is 38.8 Å². The van der Waals surface area contributed by atoms with Crippen LogP contribution in [0.25, 0.3) is 0 Å². The van der Waals surface area contributed by atoms with E-state index < -0.39 is 0 Å². The Morgan fingerprint density at radius 3 is 2.78 bits per heavy atom. The summed E-state index contributed by atoms with van der Waals surface area (Å²) in [6.07, 6.45) is 0.960. The van der Waals surface area contributed by atoms with E-state index in [4.69, 9.17) is 10.5 Å². The number of benzene rings is 1. The second-order valence-corrected chi connectivity index (χ2v) is 5.59. The minimum absolute atomic E-state index is 0.0296. The van der Waals surface area contributed by atoms with Gasteiger partial charge in [-0.15, -0.1) is 0 Å². The molecule has 18 heavy (non-hydrogen) atoms. The molecule has 1 saturated heterocycles. The molecule has 0 bridgehead atoms. The average Bonchev–Trinajstić information content (AvgIpc) is 2.37. The second kappa shape index (κ2) is 5.29.